The summed E-state index contributed by atoms with van der Waals surface area (Å²) in [5.41, 5.74) is 0.178. The van der Waals surface area contributed by atoms with Gasteiger partial charge in [-0.1, -0.05) is 0 Å². The van der Waals surface area contributed by atoms with Gasteiger partial charge in [-0.05, 0) is 37.1 Å². The van der Waals surface area contributed by atoms with Crippen LogP contribution in [0.1, 0.15) is 25.7 Å². The predicted molar refractivity (Wildman–Crippen MR) is 76.8 cm³/mol. The van der Waals surface area contributed by atoms with E-state index in [0.717, 1.165) is 43.2 Å². The Kier molecular flexibility index (Phi) is 2.70. The summed E-state index contributed by atoms with van der Waals surface area (Å²) in [5, 5.41) is 3.28. The van der Waals surface area contributed by atoms with Crippen LogP contribution >= 0.6 is 11.3 Å². The molecule has 0 atom stereocenters. The van der Waals surface area contributed by atoms with Crippen molar-refractivity contribution in [1.29, 1.82) is 0 Å². The molecule has 4 nitrogen and oxygen atoms in total. The van der Waals surface area contributed by atoms with Crippen molar-refractivity contribution in [2.75, 3.05) is 24.6 Å². The fourth-order valence-electron chi connectivity index (χ4n) is 3.30. The molecule has 19 heavy (non-hydrogen) atoms. The molecular weight excluding hydrogens is 258 g/mol. The number of piperidine rings is 1. The van der Waals surface area contributed by atoms with Gasteiger partial charge in [0.2, 0.25) is 0 Å². The standard InChI is InChI=1S/C14H17N3OS/c1-3-14(18-8-1)4-6-17(7-5-14)12-11-2-9-19-13(11)16-10-15-12/h2,9-10H,1,3-8H2. The Bertz CT molecular complexity index is 581. The monoisotopic (exact) mass is 275 g/mol. The van der Waals surface area contributed by atoms with E-state index in [-0.39, 0.29) is 5.60 Å². The quantitative estimate of drug-likeness (QED) is 0.802. The minimum atomic E-state index is 0.178. The molecule has 2 saturated heterocycles. The maximum Gasteiger partial charge on any atom is 0.140 e. The number of fused-ring (bicyclic) bond motifs is 1. The lowest BCUT2D eigenvalue weighted by atomic mass is 9.88. The summed E-state index contributed by atoms with van der Waals surface area (Å²) in [5.74, 6) is 1.10. The SMILES string of the molecule is c1nc(N2CCC3(CCCO3)CC2)c2ccsc2n1. The Morgan fingerprint density at radius 2 is 2.11 bits per heavy atom. The molecule has 4 rings (SSSR count). The van der Waals surface area contributed by atoms with Gasteiger partial charge in [0.05, 0.1) is 11.0 Å². The molecule has 0 unspecified atom stereocenters. The first-order valence-corrected chi connectivity index (χ1v) is 7.81. The highest BCUT2D eigenvalue weighted by Crippen LogP contribution is 2.37. The average molecular weight is 275 g/mol. The molecule has 2 fully saturated rings. The van der Waals surface area contributed by atoms with Gasteiger partial charge in [-0.25, -0.2) is 9.97 Å². The molecule has 0 aromatic carbocycles. The third-order valence-electron chi connectivity index (χ3n) is 4.40. The number of hydrogen-bond acceptors (Lipinski definition) is 5. The number of rotatable bonds is 1. The third-order valence-corrected chi connectivity index (χ3v) is 5.22. The molecule has 2 aromatic rings. The lowest BCUT2D eigenvalue weighted by Gasteiger charge is -2.39. The van der Waals surface area contributed by atoms with E-state index in [2.05, 4.69) is 26.3 Å². The summed E-state index contributed by atoms with van der Waals surface area (Å²) in [6, 6.07) is 2.13. The summed E-state index contributed by atoms with van der Waals surface area (Å²) in [6.45, 7) is 3.03. The first-order chi connectivity index (χ1) is 9.36. The number of nitrogens with zero attached hydrogens (tertiary/aromatic N) is 3. The number of aromatic nitrogens is 2. The third kappa shape index (κ3) is 1.92. The van der Waals surface area contributed by atoms with Crippen molar-refractivity contribution in [2.24, 2.45) is 0 Å². The number of anilines is 1. The van der Waals surface area contributed by atoms with E-state index in [9.17, 15) is 0 Å². The minimum absolute atomic E-state index is 0.178. The Hall–Kier alpha value is -1.20. The molecule has 0 amide bonds. The van der Waals surface area contributed by atoms with Crippen molar-refractivity contribution >= 4 is 27.4 Å². The van der Waals surface area contributed by atoms with Crippen molar-refractivity contribution in [2.45, 2.75) is 31.3 Å². The van der Waals surface area contributed by atoms with Gasteiger partial charge in [0.1, 0.15) is 17.0 Å². The predicted octanol–water partition coefficient (Wildman–Crippen LogP) is 2.84. The summed E-state index contributed by atoms with van der Waals surface area (Å²) in [4.78, 5) is 12.3. The molecule has 4 heterocycles. The fourth-order valence-corrected chi connectivity index (χ4v) is 4.03. The van der Waals surface area contributed by atoms with Crippen molar-refractivity contribution < 1.29 is 4.74 Å². The van der Waals surface area contributed by atoms with Crippen molar-refractivity contribution in [3.63, 3.8) is 0 Å². The molecule has 0 N–H and O–H groups in total. The van der Waals surface area contributed by atoms with Crippen LogP contribution in [0.3, 0.4) is 0 Å². The maximum atomic E-state index is 5.98. The van der Waals surface area contributed by atoms with Crippen LogP contribution in [0.15, 0.2) is 17.8 Å². The second-order valence-electron chi connectivity index (χ2n) is 5.46. The molecule has 2 aromatic heterocycles. The van der Waals surface area contributed by atoms with Gasteiger partial charge >= 0.3 is 0 Å². The summed E-state index contributed by atoms with van der Waals surface area (Å²) in [7, 11) is 0. The Morgan fingerprint density at radius 3 is 2.89 bits per heavy atom. The zero-order chi connectivity index (χ0) is 12.7. The van der Waals surface area contributed by atoms with Crippen LogP contribution in [-0.4, -0.2) is 35.3 Å². The summed E-state index contributed by atoms with van der Waals surface area (Å²) in [6.07, 6.45) is 6.40. The van der Waals surface area contributed by atoms with Gasteiger partial charge in [-0.2, -0.15) is 0 Å². The Morgan fingerprint density at radius 1 is 1.21 bits per heavy atom. The lowest BCUT2D eigenvalue weighted by molar-refractivity contribution is -0.0146. The van der Waals surface area contributed by atoms with Crippen LogP contribution in [0.25, 0.3) is 10.2 Å². The zero-order valence-corrected chi connectivity index (χ0v) is 11.7. The second kappa shape index (κ2) is 4.42. The summed E-state index contributed by atoms with van der Waals surface area (Å²) >= 11 is 1.68. The van der Waals surface area contributed by atoms with Crippen LogP contribution < -0.4 is 4.90 Å². The van der Waals surface area contributed by atoms with Crippen LogP contribution in [0.2, 0.25) is 0 Å². The molecule has 0 aliphatic carbocycles. The second-order valence-corrected chi connectivity index (χ2v) is 6.35. The van der Waals surface area contributed by atoms with E-state index in [4.69, 9.17) is 4.74 Å². The fraction of sp³-hybridized carbons (Fsp3) is 0.571. The average Bonchev–Trinajstić information content (AvgIpc) is 3.09. The first kappa shape index (κ1) is 11.6. The highest BCUT2D eigenvalue weighted by Gasteiger charge is 2.38. The van der Waals surface area contributed by atoms with Gasteiger partial charge in [-0.15, -0.1) is 11.3 Å². The zero-order valence-electron chi connectivity index (χ0n) is 10.8. The number of hydrogen-bond donors (Lipinski definition) is 0. The van der Waals surface area contributed by atoms with Crippen LogP contribution in [-0.2, 0) is 4.74 Å². The highest BCUT2D eigenvalue weighted by atomic mass is 32.1. The van der Waals surface area contributed by atoms with Gasteiger partial charge in [0, 0.05) is 19.7 Å². The lowest BCUT2D eigenvalue weighted by Crippen LogP contribution is -2.44. The van der Waals surface area contributed by atoms with E-state index in [0.29, 0.717) is 0 Å². The maximum absolute atomic E-state index is 5.98. The molecule has 100 valence electrons. The van der Waals surface area contributed by atoms with Crippen LogP contribution in [0.5, 0.6) is 0 Å². The molecule has 2 aliphatic heterocycles. The van der Waals surface area contributed by atoms with Gasteiger partial charge in [-0.3, -0.25) is 0 Å². The molecular formula is C14H17N3OS. The normalized spacial score (nSPS) is 22.4. The van der Waals surface area contributed by atoms with E-state index in [1.807, 2.05) is 0 Å². The van der Waals surface area contributed by atoms with Gasteiger partial charge in [0.15, 0.2) is 0 Å². The minimum Gasteiger partial charge on any atom is -0.375 e. The van der Waals surface area contributed by atoms with Crippen molar-refractivity contribution in [3.8, 4) is 0 Å². The molecule has 0 bridgehead atoms. The van der Waals surface area contributed by atoms with E-state index >= 15 is 0 Å². The van der Waals surface area contributed by atoms with Crippen molar-refractivity contribution in [3.05, 3.63) is 17.8 Å². The topological polar surface area (TPSA) is 38.2 Å². The largest absolute Gasteiger partial charge is 0.375 e. The van der Waals surface area contributed by atoms with Crippen LogP contribution in [0.4, 0.5) is 5.82 Å². The molecule has 1 spiro atoms. The smallest absolute Gasteiger partial charge is 0.140 e. The van der Waals surface area contributed by atoms with Crippen molar-refractivity contribution in [1.82, 2.24) is 9.97 Å². The van der Waals surface area contributed by atoms with E-state index in [1.165, 1.54) is 18.2 Å². The van der Waals surface area contributed by atoms with Gasteiger partial charge in [0.25, 0.3) is 0 Å². The number of ether oxygens (including phenoxy) is 1. The molecule has 5 heteroatoms. The Balaban J connectivity index is 1.59. The van der Waals surface area contributed by atoms with E-state index in [1.54, 1.807) is 17.7 Å². The van der Waals surface area contributed by atoms with Gasteiger partial charge < -0.3 is 9.64 Å². The van der Waals surface area contributed by atoms with E-state index < -0.39 is 0 Å². The highest BCUT2D eigenvalue weighted by molar-refractivity contribution is 7.16. The number of thiophene rings is 1. The van der Waals surface area contributed by atoms with Crippen LogP contribution in [0, 0.1) is 0 Å². The molecule has 2 aliphatic rings. The Labute approximate surface area is 116 Å². The molecule has 0 saturated carbocycles. The summed E-state index contributed by atoms with van der Waals surface area (Å²) < 4.78 is 5.98. The molecule has 0 radical (unpaired) electrons. The first-order valence-electron chi connectivity index (χ1n) is 6.93.